The van der Waals surface area contributed by atoms with Crippen LogP contribution in [0, 0.1) is 23.7 Å². The Morgan fingerprint density at radius 2 is 0.900 bits per heavy atom. The Balaban J connectivity index is 1.31. The number of piperazine rings is 3. The summed E-state index contributed by atoms with van der Waals surface area (Å²) < 4.78 is 0. The Hall–Kier alpha value is -0.320. The van der Waals surface area contributed by atoms with Crippen LogP contribution in [0.1, 0.15) is 25.7 Å². The van der Waals surface area contributed by atoms with Crippen LogP contribution in [0.2, 0.25) is 0 Å². The lowest BCUT2D eigenvalue weighted by atomic mass is 9.62. The largest absolute Gasteiger partial charge is 0.311 e. The van der Waals surface area contributed by atoms with Crippen molar-refractivity contribution in [2.24, 2.45) is 23.7 Å². The molecule has 0 radical (unpaired) electrons. The summed E-state index contributed by atoms with van der Waals surface area (Å²) in [6.45, 7) is 6.81. The van der Waals surface area contributed by atoms with E-state index in [1.165, 1.54) is 38.8 Å². The smallest absolute Gasteiger partial charge is 0.0910 e. The molecule has 30 heavy (non-hydrogen) atoms. The minimum atomic E-state index is 0.430. The number of nitrogens with one attached hydrogen (secondary N) is 6. The molecule has 0 aromatic heterocycles. The molecule has 1 saturated carbocycles. The molecule has 166 valence electrons. The van der Waals surface area contributed by atoms with Gasteiger partial charge in [-0.15, -0.1) is 0 Å². The number of nitrogens with zero attached hydrogens (tertiary/aromatic N) is 2. The summed E-state index contributed by atoms with van der Waals surface area (Å²) in [6.07, 6.45) is 7.43. The first kappa shape index (κ1) is 18.1. The predicted octanol–water partition coefficient (Wildman–Crippen LogP) is -1.96. The van der Waals surface area contributed by atoms with E-state index < -0.39 is 0 Å². The predicted molar refractivity (Wildman–Crippen MR) is 114 cm³/mol. The van der Waals surface area contributed by atoms with Crippen LogP contribution in [-0.2, 0) is 0 Å². The monoisotopic (exact) mass is 414 g/mol. The van der Waals surface area contributed by atoms with E-state index in [9.17, 15) is 0 Å². The van der Waals surface area contributed by atoms with Crippen molar-refractivity contribution in [3.8, 4) is 0 Å². The van der Waals surface area contributed by atoms with Crippen molar-refractivity contribution in [3.63, 3.8) is 0 Å². The average Bonchev–Trinajstić information content (AvgIpc) is 3.34. The Labute approximate surface area is 179 Å². The number of rotatable bonds is 0. The first-order valence-electron chi connectivity index (χ1n) is 12.9. The zero-order valence-corrected chi connectivity index (χ0v) is 17.9. The second-order valence-corrected chi connectivity index (χ2v) is 11.2. The summed E-state index contributed by atoms with van der Waals surface area (Å²) in [5, 5.41) is 24.1. The average molecular weight is 415 g/mol. The molecule has 1 aliphatic carbocycles. The molecule has 0 amide bonds. The SMILES string of the molecule is C1CNC2C(C1)C1C3NCCNC3C3C4CCCNC4N4C5NCCNC5N2C1C34. The van der Waals surface area contributed by atoms with Crippen molar-refractivity contribution >= 4 is 0 Å². The van der Waals surface area contributed by atoms with Crippen LogP contribution in [0.5, 0.6) is 0 Å². The zero-order valence-electron chi connectivity index (χ0n) is 17.9. The fraction of sp³-hybridized carbons (Fsp3) is 1.00. The van der Waals surface area contributed by atoms with Gasteiger partial charge in [-0.05, 0) is 62.4 Å². The van der Waals surface area contributed by atoms with Crippen LogP contribution in [0.25, 0.3) is 0 Å². The van der Waals surface area contributed by atoms with Crippen LogP contribution in [0.3, 0.4) is 0 Å². The molecule has 8 fully saturated rings. The van der Waals surface area contributed by atoms with Crippen molar-refractivity contribution < 1.29 is 0 Å². The summed E-state index contributed by atoms with van der Waals surface area (Å²) in [5.41, 5.74) is 0. The summed E-state index contributed by atoms with van der Waals surface area (Å²) in [4.78, 5) is 5.92. The van der Waals surface area contributed by atoms with Gasteiger partial charge in [0.25, 0.3) is 0 Å². The number of fused-ring (bicyclic) bond motifs is 12. The van der Waals surface area contributed by atoms with Crippen LogP contribution in [0.4, 0.5) is 0 Å². The number of hydrogen-bond acceptors (Lipinski definition) is 8. The molecule has 0 spiro atoms. The lowest BCUT2D eigenvalue weighted by Crippen LogP contribution is -2.82. The third-order valence-electron chi connectivity index (χ3n) is 10.3. The minimum absolute atomic E-state index is 0.430. The van der Waals surface area contributed by atoms with Crippen molar-refractivity contribution in [3.05, 3.63) is 0 Å². The summed E-state index contributed by atoms with van der Waals surface area (Å²) in [5.74, 6) is 3.08. The van der Waals surface area contributed by atoms with Gasteiger partial charge in [0.05, 0.1) is 24.7 Å². The van der Waals surface area contributed by atoms with E-state index >= 15 is 0 Å². The second kappa shape index (κ2) is 6.60. The van der Waals surface area contributed by atoms with Gasteiger partial charge >= 0.3 is 0 Å². The van der Waals surface area contributed by atoms with Crippen LogP contribution >= 0.6 is 0 Å². The van der Waals surface area contributed by atoms with Gasteiger partial charge in [-0.1, -0.05) is 0 Å². The molecule has 8 rings (SSSR count). The molecule has 8 nitrogen and oxygen atoms in total. The Morgan fingerprint density at radius 3 is 1.40 bits per heavy atom. The van der Waals surface area contributed by atoms with Crippen LogP contribution in [-0.4, -0.2) is 97.9 Å². The molecule has 7 heterocycles. The van der Waals surface area contributed by atoms with Gasteiger partial charge in [0, 0.05) is 50.3 Å². The van der Waals surface area contributed by atoms with Gasteiger partial charge in [-0.25, -0.2) is 0 Å². The fourth-order valence-electron chi connectivity index (χ4n) is 9.69. The highest BCUT2D eigenvalue weighted by molar-refractivity contribution is 5.26. The normalized spacial score (nSPS) is 59.6. The second-order valence-electron chi connectivity index (χ2n) is 11.2. The standard InChI is InChI=1S/C22H38N8/c1-3-11-13-15-16(24-8-7-23-15)14-12-4-2-6-26-20(12)30-18(14)17(13)29(19(11)25-5-1)21-22(30)28-10-9-27-21/h11-28H,1-10H2. The molecule has 0 aromatic carbocycles. The Kier molecular flexibility index (Phi) is 3.99. The van der Waals surface area contributed by atoms with E-state index in [1.807, 2.05) is 0 Å². The zero-order chi connectivity index (χ0) is 19.4. The summed E-state index contributed by atoms with van der Waals surface area (Å²) >= 11 is 0. The molecule has 7 saturated heterocycles. The fourth-order valence-corrected chi connectivity index (χ4v) is 9.69. The van der Waals surface area contributed by atoms with Gasteiger partial charge in [0.2, 0.25) is 0 Å². The Bertz CT molecular complexity index is 591. The first-order valence-corrected chi connectivity index (χ1v) is 12.9. The van der Waals surface area contributed by atoms with E-state index in [0.29, 0.717) is 48.8 Å². The Morgan fingerprint density at radius 1 is 0.467 bits per heavy atom. The maximum absolute atomic E-state index is 4.07. The highest BCUT2D eigenvalue weighted by atomic mass is 15.6. The van der Waals surface area contributed by atoms with Crippen molar-refractivity contribution in [1.82, 2.24) is 41.7 Å². The number of hydrogen-bond donors (Lipinski definition) is 6. The molecule has 7 aliphatic heterocycles. The number of piperidine rings is 2. The molecule has 6 N–H and O–H groups in total. The molecular weight excluding hydrogens is 376 g/mol. The summed E-state index contributed by atoms with van der Waals surface area (Å²) in [6, 6.07) is 2.62. The summed E-state index contributed by atoms with van der Waals surface area (Å²) in [7, 11) is 0. The highest BCUT2D eigenvalue weighted by Crippen LogP contribution is 2.58. The lowest BCUT2D eigenvalue weighted by molar-refractivity contribution is -0.128. The molecular formula is C22H38N8. The van der Waals surface area contributed by atoms with Crippen molar-refractivity contribution in [2.75, 3.05) is 39.3 Å². The molecule has 12 atom stereocenters. The maximum atomic E-state index is 4.07. The first-order chi connectivity index (χ1) is 14.9. The molecule has 0 aromatic rings. The third-order valence-corrected chi connectivity index (χ3v) is 10.3. The van der Waals surface area contributed by atoms with Crippen molar-refractivity contribution in [2.45, 2.75) is 74.5 Å². The van der Waals surface area contributed by atoms with Gasteiger partial charge in [0.1, 0.15) is 0 Å². The lowest BCUT2D eigenvalue weighted by Gasteiger charge is -2.61. The van der Waals surface area contributed by atoms with Crippen molar-refractivity contribution in [1.29, 1.82) is 0 Å². The topological polar surface area (TPSA) is 78.7 Å². The highest BCUT2D eigenvalue weighted by Gasteiger charge is 2.72. The third kappa shape index (κ3) is 2.15. The van der Waals surface area contributed by atoms with Crippen LogP contribution in [0.15, 0.2) is 0 Å². The van der Waals surface area contributed by atoms with E-state index in [2.05, 4.69) is 41.7 Å². The van der Waals surface area contributed by atoms with E-state index in [4.69, 9.17) is 0 Å². The maximum Gasteiger partial charge on any atom is 0.0910 e. The minimum Gasteiger partial charge on any atom is -0.311 e. The van der Waals surface area contributed by atoms with Gasteiger partial charge in [-0.2, -0.15) is 0 Å². The van der Waals surface area contributed by atoms with E-state index in [1.54, 1.807) is 0 Å². The molecule has 8 aliphatic rings. The molecule has 12 unspecified atom stereocenters. The van der Waals surface area contributed by atoms with Gasteiger partial charge in [-0.3, -0.25) is 20.4 Å². The van der Waals surface area contributed by atoms with E-state index in [-0.39, 0.29) is 0 Å². The quantitative estimate of drug-likeness (QED) is 0.273. The van der Waals surface area contributed by atoms with Gasteiger partial charge < -0.3 is 21.3 Å². The van der Waals surface area contributed by atoms with Gasteiger partial charge in [0.15, 0.2) is 0 Å². The molecule has 8 heteroatoms. The van der Waals surface area contributed by atoms with E-state index in [0.717, 1.165) is 49.9 Å². The molecule has 0 bridgehead atoms. The van der Waals surface area contributed by atoms with Crippen LogP contribution < -0.4 is 31.9 Å².